The third-order valence-corrected chi connectivity index (χ3v) is 7.30. The molecular formula is C22H22ClN5O4S3. The molecule has 0 unspecified atom stereocenters. The van der Waals surface area contributed by atoms with Crippen LogP contribution in [0.1, 0.15) is 25.7 Å². The third-order valence-electron chi connectivity index (χ3n) is 5.26. The van der Waals surface area contributed by atoms with Crippen molar-refractivity contribution in [2.75, 3.05) is 15.4 Å². The zero-order valence-corrected chi connectivity index (χ0v) is 21.5. The summed E-state index contributed by atoms with van der Waals surface area (Å²) < 4.78 is 28.4. The minimum atomic E-state index is -3.97. The molecule has 2 aliphatic rings. The lowest BCUT2D eigenvalue weighted by atomic mass is 10.2. The van der Waals surface area contributed by atoms with Crippen LogP contribution in [-0.2, 0) is 19.6 Å². The molecule has 2 aromatic rings. The van der Waals surface area contributed by atoms with E-state index in [9.17, 15) is 18.0 Å². The number of amides is 2. The molecule has 5 N–H and O–H groups in total. The van der Waals surface area contributed by atoms with Crippen molar-refractivity contribution in [2.24, 2.45) is 11.8 Å². The van der Waals surface area contributed by atoms with Crippen LogP contribution in [0.15, 0.2) is 47.4 Å². The van der Waals surface area contributed by atoms with Crippen LogP contribution in [0.3, 0.4) is 0 Å². The first-order chi connectivity index (χ1) is 16.6. The maximum Gasteiger partial charge on any atom is 0.261 e. The number of benzene rings is 2. The molecule has 0 bridgehead atoms. The summed E-state index contributed by atoms with van der Waals surface area (Å²) in [6, 6.07) is 10.4. The Labute approximate surface area is 218 Å². The maximum absolute atomic E-state index is 13.0. The highest BCUT2D eigenvalue weighted by Crippen LogP contribution is 2.30. The quantitative estimate of drug-likeness (QED) is 0.330. The van der Waals surface area contributed by atoms with E-state index in [0.717, 1.165) is 25.7 Å². The van der Waals surface area contributed by atoms with Gasteiger partial charge in [-0.3, -0.25) is 14.3 Å². The van der Waals surface area contributed by atoms with Gasteiger partial charge in [0.1, 0.15) is 0 Å². The minimum absolute atomic E-state index is 0.0121. The monoisotopic (exact) mass is 551 g/mol. The molecule has 2 saturated carbocycles. The Hall–Kier alpha value is -2.80. The van der Waals surface area contributed by atoms with E-state index in [4.69, 9.17) is 36.0 Å². The van der Waals surface area contributed by atoms with Crippen LogP contribution in [-0.4, -0.2) is 30.5 Å². The van der Waals surface area contributed by atoms with Gasteiger partial charge in [-0.15, -0.1) is 0 Å². The molecule has 2 amide bonds. The van der Waals surface area contributed by atoms with Gasteiger partial charge in [0.25, 0.3) is 10.0 Å². The number of carbonyl (C=O) groups excluding carboxylic acids is 2. The van der Waals surface area contributed by atoms with Crippen molar-refractivity contribution >= 4 is 85.2 Å². The highest BCUT2D eigenvalue weighted by atomic mass is 35.5. The molecule has 9 nitrogen and oxygen atoms in total. The molecule has 2 fully saturated rings. The maximum atomic E-state index is 13.0. The summed E-state index contributed by atoms with van der Waals surface area (Å²) in [7, 11) is -3.97. The van der Waals surface area contributed by atoms with Crippen molar-refractivity contribution in [3.63, 3.8) is 0 Å². The van der Waals surface area contributed by atoms with Gasteiger partial charge < -0.3 is 21.3 Å². The number of hydrogen-bond acceptors (Lipinski definition) is 6. The van der Waals surface area contributed by atoms with Gasteiger partial charge in [0.15, 0.2) is 10.2 Å². The Morgan fingerprint density at radius 3 is 1.83 bits per heavy atom. The molecule has 0 aliphatic heterocycles. The van der Waals surface area contributed by atoms with Gasteiger partial charge in [-0.05, 0) is 92.6 Å². The average Bonchev–Trinajstić information content (AvgIpc) is 3.69. The summed E-state index contributed by atoms with van der Waals surface area (Å²) in [6.07, 6.45) is 3.26. The molecule has 4 rings (SSSR count). The van der Waals surface area contributed by atoms with E-state index in [1.165, 1.54) is 18.2 Å². The highest BCUT2D eigenvalue weighted by Gasteiger charge is 2.31. The number of sulfonamides is 1. The zero-order chi connectivity index (χ0) is 25.2. The first-order valence-electron chi connectivity index (χ1n) is 10.8. The smallest absolute Gasteiger partial charge is 0.261 e. The van der Waals surface area contributed by atoms with Crippen molar-refractivity contribution in [1.29, 1.82) is 0 Å². The topological polar surface area (TPSA) is 128 Å². The molecular weight excluding hydrogens is 530 g/mol. The number of hydrogen-bond donors (Lipinski definition) is 5. The van der Waals surface area contributed by atoms with E-state index in [2.05, 4.69) is 26.0 Å². The number of carbonyl (C=O) groups is 2. The van der Waals surface area contributed by atoms with Gasteiger partial charge >= 0.3 is 0 Å². The van der Waals surface area contributed by atoms with Crippen molar-refractivity contribution in [3.05, 3.63) is 47.5 Å². The van der Waals surface area contributed by atoms with Crippen molar-refractivity contribution < 1.29 is 18.0 Å². The molecule has 2 aromatic carbocycles. The van der Waals surface area contributed by atoms with E-state index in [1.54, 1.807) is 24.3 Å². The predicted octanol–water partition coefficient (Wildman–Crippen LogP) is 3.59. The predicted molar refractivity (Wildman–Crippen MR) is 143 cm³/mol. The van der Waals surface area contributed by atoms with Gasteiger partial charge in [0.2, 0.25) is 11.8 Å². The Balaban J connectivity index is 1.55. The van der Waals surface area contributed by atoms with Crippen molar-refractivity contribution in [2.45, 2.75) is 30.6 Å². The fourth-order valence-corrected chi connectivity index (χ4v) is 4.69. The number of anilines is 3. The molecule has 0 atom stereocenters. The first-order valence-corrected chi connectivity index (χ1v) is 13.4. The molecule has 0 radical (unpaired) electrons. The molecule has 0 spiro atoms. The van der Waals surface area contributed by atoms with E-state index >= 15 is 0 Å². The fraction of sp³-hybridized carbons (Fsp3) is 0.273. The van der Waals surface area contributed by atoms with Crippen LogP contribution >= 0.6 is 36.0 Å². The normalized spacial score (nSPS) is 15.0. The first kappa shape index (κ1) is 25.3. The molecule has 2 aliphatic carbocycles. The molecule has 184 valence electrons. The molecule has 0 heterocycles. The van der Waals surface area contributed by atoms with E-state index in [1.807, 2.05) is 0 Å². The number of rotatable bonds is 7. The summed E-state index contributed by atoms with van der Waals surface area (Å²) in [6.45, 7) is 0. The molecule has 35 heavy (non-hydrogen) atoms. The van der Waals surface area contributed by atoms with Gasteiger partial charge in [-0.1, -0.05) is 11.6 Å². The molecule has 13 heteroatoms. The summed E-state index contributed by atoms with van der Waals surface area (Å²) in [5, 5.41) is 11.5. The van der Waals surface area contributed by atoms with Gasteiger partial charge in [-0.2, -0.15) is 0 Å². The third kappa shape index (κ3) is 7.10. The number of thiocarbonyl (C=S) groups is 2. The second-order valence-corrected chi connectivity index (χ2v) is 11.2. The van der Waals surface area contributed by atoms with Crippen LogP contribution in [0.4, 0.5) is 17.1 Å². The molecule has 0 aromatic heterocycles. The summed E-state index contributed by atoms with van der Waals surface area (Å²) >= 11 is 16.3. The summed E-state index contributed by atoms with van der Waals surface area (Å²) in [4.78, 5) is 24.0. The van der Waals surface area contributed by atoms with Gasteiger partial charge in [0, 0.05) is 22.5 Å². The van der Waals surface area contributed by atoms with E-state index < -0.39 is 10.0 Å². The zero-order valence-electron chi connectivity index (χ0n) is 18.3. The van der Waals surface area contributed by atoms with Crippen molar-refractivity contribution in [1.82, 2.24) is 10.6 Å². The molecule has 0 saturated heterocycles. The lowest BCUT2D eigenvalue weighted by Crippen LogP contribution is -2.37. The minimum Gasteiger partial charge on any atom is -0.331 e. The lowest BCUT2D eigenvalue weighted by Gasteiger charge is -2.17. The Morgan fingerprint density at radius 1 is 0.800 bits per heavy atom. The fourth-order valence-electron chi connectivity index (χ4n) is 3.06. The Kier molecular flexibility index (Phi) is 7.55. The van der Waals surface area contributed by atoms with Crippen LogP contribution in [0.25, 0.3) is 0 Å². The van der Waals surface area contributed by atoms with E-state index in [-0.39, 0.29) is 44.5 Å². The van der Waals surface area contributed by atoms with Crippen LogP contribution in [0.2, 0.25) is 5.02 Å². The van der Waals surface area contributed by atoms with Gasteiger partial charge in [0.05, 0.1) is 16.3 Å². The lowest BCUT2D eigenvalue weighted by molar-refractivity contribution is -0.121. The Bertz CT molecular complexity index is 1290. The Morgan fingerprint density at radius 2 is 1.31 bits per heavy atom. The van der Waals surface area contributed by atoms with Crippen LogP contribution < -0.4 is 26.0 Å². The second kappa shape index (κ2) is 10.4. The van der Waals surface area contributed by atoms with Crippen LogP contribution in [0.5, 0.6) is 0 Å². The van der Waals surface area contributed by atoms with E-state index in [0.29, 0.717) is 16.4 Å². The summed E-state index contributed by atoms with van der Waals surface area (Å²) in [5.41, 5.74) is 0.940. The highest BCUT2D eigenvalue weighted by molar-refractivity contribution is 7.92. The largest absolute Gasteiger partial charge is 0.331 e. The van der Waals surface area contributed by atoms with Gasteiger partial charge in [-0.25, -0.2) is 8.42 Å². The second-order valence-electron chi connectivity index (χ2n) is 8.26. The SMILES string of the molecule is O=C(NC(=S)Nc1ccc(S(=O)(=O)Nc2ccc(Cl)cc2)cc1NC(=S)NC(=O)C1CC1)C1CC1. The summed E-state index contributed by atoms with van der Waals surface area (Å²) in [5.74, 6) is -0.468. The number of nitrogens with one attached hydrogen (secondary N) is 5. The average molecular weight is 552 g/mol. The van der Waals surface area contributed by atoms with Crippen LogP contribution in [0, 0.1) is 11.8 Å². The standard InChI is InChI=1S/C22H22ClN5O4S3/c23-14-5-7-15(8-6-14)28-35(31,32)16-9-10-17(24-21(33)26-19(29)12-1-2-12)18(11-16)25-22(34)27-20(30)13-3-4-13/h5-13,28H,1-4H2,(H2,24,26,29,33)(H2,25,27,30,34). The van der Waals surface area contributed by atoms with Crippen molar-refractivity contribution in [3.8, 4) is 0 Å². The number of halogens is 1.